The fourth-order valence-electron chi connectivity index (χ4n) is 5.03. The van der Waals surface area contributed by atoms with Gasteiger partial charge in [-0.2, -0.15) is 13.2 Å². The number of rotatable bonds is 5. The van der Waals surface area contributed by atoms with E-state index in [0.717, 1.165) is 45.7 Å². The smallest absolute Gasteiger partial charge is 0.376 e. The zero-order valence-electron chi connectivity index (χ0n) is 17.5. The molecule has 7 heteroatoms. The molecule has 1 N–H and O–H groups in total. The Bertz CT molecular complexity index is 745. The molecule has 0 bridgehead atoms. The Hall–Kier alpha value is -1.60. The lowest BCUT2D eigenvalue weighted by Gasteiger charge is -2.41. The van der Waals surface area contributed by atoms with Crippen molar-refractivity contribution in [3.63, 3.8) is 0 Å². The van der Waals surface area contributed by atoms with E-state index in [-0.39, 0.29) is 23.6 Å². The maximum atomic E-state index is 13.2. The van der Waals surface area contributed by atoms with Crippen LogP contribution in [0.15, 0.2) is 24.3 Å². The van der Waals surface area contributed by atoms with Crippen molar-refractivity contribution >= 4 is 5.91 Å². The Labute approximate surface area is 176 Å². The van der Waals surface area contributed by atoms with Gasteiger partial charge in [0, 0.05) is 36.8 Å². The van der Waals surface area contributed by atoms with E-state index in [1.807, 2.05) is 4.90 Å². The van der Waals surface area contributed by atoms with Crippen molar-refractivity contribution in [3.05, 3.63) is 35.4 Å². The minimum atomic E-state index is -4.77. The minimum Gasteiger partial charge on any atom is -0.376 e. The molecule has 1 heterocycles. The second-order valence-corrected chi connectivity index (χ2v) is 9.30. The minimum absolute atomic E-state index is 0.102. The molecule has 3 fully saturated rings. The first-order valence-corrected chi connectivity index (χ1v) is 11.1. The zero-order valence-corrected chi connectivity index (χ0v) is 17.5. The van der Waals surface area contributed by atoms with E-state index in [0.29, 0.717) is 11.6 Å². The molecule has 30 heavy (non-hydrogen) atoms. The molecule has 1 atom stereocenters. The third-order valence-corrected chi connectivity index (χ3v) is 7.15. The largest absolute Gasteiger partial charge is 0.421 e. The van der Waals surface area contributed by atoms with Gasteiger partial charge in [-0.1, -0.05) is 25.0 Å². The van der Waals surface area contributed by atoms with Crippen molar-refractivity contribution in [2.24, 2.45) is 0 Å². The molecule has 1 aromatic carbocycles. The normalized spacial score (nSPS) is 24.0. The van der Waals surface area contributed by atoms with Gasteiger partial charge < -0.3 is 14.9 Å². The molecule has 2 saturated carbocycles. The summed E-state index contributed by atoms with van der Waals surface area (Å²) in [6, 6.07) is 6.41. The second-order valence-electron chi connectivity index (χ2n) is 9.30. The van der Waals surface area contributed by atoms with E-state index in [9.17, 15) is 23.1 Å². The summed E-state index contributed by atoms with van der Waals surface area (Å²) in [4.78, 5) is 17.8. The highest BCUT2D eigenvalue weighted by atomic mass is 19.4. The zero-order chi connectivity index (χ0) is 21.5. The summed E-state index contributed by atoms with van der Waals surface area (Å²) >= 11 is 0. The third kappa shape index (κ3) is 4.24. The first-order chi connectivity index (χ1) is 14.2. The van der Waals surface area contributed by atoms with E-state index < -0.39 is 11.8 Å². The number of alkyl halides is 3. The fraction of sp³-hybridized carbons (Fsp3) is 0.696. The monoisotopic (exact) mass is 424 g/mol. The molecule has 2 aliphatic carbocycles. The first kappa shape index (κ1) is 21.6. The predicted molar refractivity (Wildman–Crippen MR) is 108 cm³/mol. The van der Waals surface area contributed by atoms with Crippen LogP contribution in [0.5, 0.6) is 0 Å². The number of aliphatic hydroxyl groups is 1. The average Bonchev–Trinajstić information content (AvgIpc) is 3.39. The van der Waals surface area contributed by atoms with E-state index in [1.54, 1.807) is 0 Å². The maximum absolute atomic E-state index is 13.2. The van der Waals surface area contributed by atoms with Gasteiger partial charge in [0.1, 0.15) is 0 Å². The molecule has 166 valence electrons. The van der Waals surface area contributed by atoms with Gasteiger partial charge in [0.2, 0.25) is 0 Å². The number of hydrogen-bond acceptors (Lipinski definition) is 3. The Morgan fingerprint density at radius 2 is 1.50 bits per heavy atom. The standard InChI is InChI=1S/C23H31F3N2O2/c1-22(30,23(24,25)26)17-8-6-16(7-9-17)21(29)28(19-10-11-19)20-12-14-27(15-13-20)18-4-2-3-5-18/h6-9,18-20,30H,2-5,10-15H2,1H3. The quantitative estimate of drug-likeness (QED) is 0.759. The van der Waals surface area contributed by atoms with Crippen LogP contribution < -0.4 is 0 Å². The molecule has 1 aromatic rings. The number of carbonyl (C=O) groups is 1. The Morgan fingerprint density at radius 1 is 0.967 bits per heavy atom. The molecule has 0 radical (unpaired) electrons. The van der Waals surface area contributed by atoms with E-state index >= 15 is 0 Å². The molecule has 0 aromatic heterocycles. The Kier molecular flexibility index (Phi) is 5.88. The van der Waals surface area contributed by atoms with Crippen molar-refractivity contribution in [1.82, 2.24) is 9.80 Å². The first-order valence-electron chi connectivity index (χ1n) is 11.1. The van der Waals surface area contributed by atoms with Crippen molar-refractivity contribution in [3.8, 4) is 0 Å². The molecule has 4 nitrogen and oxygen atoms in total. The van der Waals surface area contributed by atoms with Gasteiger partial charge in [-0.15, -0.1) is 0 Å². The highest BCUT2D eigenvalue weighted by Gasteiger charge is 2.51. The lowest BCUT2D eigenvalue weighted by atomic mass is 9.94. The molecule has 1 saturated heterocycles. The SMILES string of the molecule is CC(O)(c1ccc(C(=O)N(C2CC2)C2CCN(C3CCCC3)CC2)cc1)C(F)(F)F. The van der Waals surface area contributed by atoms with Crippen molar-refractivity contribution in [1.29, 1.82) is 0 Å². The molecular formula is C23H31F3N2O2. The number of benzene rings is 1. The number of halogens is 3. The predicted octanol–water partition coefficient (Wildman–Crippen LogP) is 4.47. The molecule has 3 aliphatic rings. The van der Waals surface area contributed by atoms with Gasteiger partial charge in [0.15, 0.2) is 5.60 Å². The van der Waals surface area contributed by atoms with Crippen molar-refractivity contribution in [2.75, 3.05) is 13.1 Å². The van der Waals surface area contributed by atoms with Crippen LogP contribution in [0.25, 0.3) is 0 Å². The Balaban J connectivity index is 1.44. The molecule has 0 spiro atoms. The molecule has 4 rings (SSSR count). The average molecular weight is 425 g/mol. The molecule has 1 amide bonds. The molecule has 1 aliphatic heterocycles. The summed E-state index contributed by atoms with van der Waals surface area (Å²) in [7, 11) is 0. The molecular weight excluding hydrogens is 393 g/mol. The highest BCUT2D eigenvalue weighted by Crippen LogP contribution is 2.39. The van der Waals surface area contributed by atoms with Crippen LogP contribution in [-0.2, 0) is 5.60 Å². The summed E-state index contributed by atoms with van der Waals surface area (Å²) < 4.78 is 39.2. The number of amides is 1. The number of carbonyl (C=O) groups excluding carboxylic acids is 1. The van der Waals surface area contributed by atoms with Gasteiger partial charge in [-0.3, -0.25) is 4.79 Å². The van der Waals surface area contributed by atoms with Crippen molar-refractivity contribution < 1.29 is 23.1 Å². The topological polar surface area (TPSA) is 43.8 Å². The third-order valence-electron chi connectivity index (χ3n) is 7.15. The van der Waals surface area contributed by atoms with Gasteiger partial charge in [-0.05, 0) is 63.1 Å². The summed E-state index contributed by atoms with van der Waals surface area (Å²) in [5, 5.41) is 9.85. The molecule has 1 unspecified atom stereocenters. The van der Waals surface area contributed by atoms with Crippen LogP contribution >= 0.6 is 0 Å². The number of nitrogens with zero attached hydrogens (tertiary/aromatic N) is 2. The van der Waals surface area contributed by atoms with Gasteiger partial charge >= 0.3 is 6.18 Å². The summed E-state index contributed by atoms with van der Waals surface area (Å²) in [5.41, 5.74) is -2.80. The van der Waals surface area contributed by atoms with Crippen LogP contribution in [-0.4, -0.2) is 58.2 Å². The van der Waals surface area contributed by atoms with Gasteiger partial charge in [0.25, 0.3) is 5.91 Å². The fourth-order valence-corrected chi connectivity index (χ4v) is 5.03. The van der Waals surface area contributed by atoms with Crippen LogP contribution in [0.3, 0.4) is 0 Å². The summed E-state index contributed by atoms with van der Waals surface area (Å²) in [6.45, 7) is 2.76. The Morgan fingerprint density at radius 3 is 2.00 bits per heavy atom. The van der Waals surface area contributed by atoms with Crippen molar-refractivity contribution in [2.45, 2.75) is 88.2 Å². The van der Waals surface area contributed by atoms with Crippen LogP contribution in [0.4, 0.5) is 13.2 Å². The number of hydrogen-bond donors (Lipinski definition) is 1. The highest BCUT2D eigenvalue weighted by molar-refractivity contribution is 5.95. The maximum Gasteiger partial charge on any atom is 0.421 e. The second kappa shape index (κ2) is 8.15. The lowest BCUT2D eigenvalue weighted by Crippen LogP contribution is -2.50. The van der Waals surface area contributed by atoms with E-state index in [1.165, 1.54) is 49.9 Å². The summed E-state index contributed by atoms with van der Waals surface area (Å²) in [6.07, 6.45) is 4.33. The van der Waals surface area contributed by atoms with E-state index in [2.05, 4.69) is 4.90 Å². The van der Waals surface area contributed by atoms with Crippen LogP contribution in [0, 0.1) is 0 Å². The number of piperidine rings is 1. The van der Waals surface area contributed by atoms with Gasteiger partial charge in [0.05, 0.1) is 0 Å². The van der Waals surface area contributed by atoms with Crippen LogP contribution in [0.1, 0.15) is 74.2 Å². The van der Waals surface area contributed by atoms with E-state index in [4.69, 9.17) is 0 Å². The van der Waals surface area contributed by atoms with Crippen LogP contribution in [0.2, 0.25) is 0 Å². The summed E-state index contributed by atoms with van der Waals surface area (Å²) in [5.74, 6) is -0.102. The number of likely N-dealkylation sites (tertiary alicyclic amines) is 1. The van der Waals surface area contributed by atoms with Gasteiger partial charge in [-0.25, -0.2) is 0 Å². The lowest BCUT2D eigenvalue weighted by molar-refractivity contribution is -0.258.